The summed E-state index contributed by atoms with van der Waals surface area (Å²) in [6.07, 6.45) is 0.862. The Bertz CT molecular complexity index is 1100. The third kappa shape index (κ3) is 5.01. The smallest absolute Gasteiger partial charge is 0.243 e. The second kappa shape index (κ2) is 9.02. The molecule has 0 aliphatic heterocycles. The molecule has 8 heteroatoms. The van der Waals surface area contributed by atoms with Crippen LogP contribution >= 0.6 is 11.3 Å². The van der Waals surface area contributed by atoms with Crippen LogP contribution in [0.3, 0.4) is 0 Å². The number of sulfonamides is 1. The van der Waals surface area contributed by atoms with E-state index in [2.05, 4.69) is 10.3 Å². The van der Waals surface area contributed by atoms with Crippen LogP contribution < -0.4 is 5.32 Å². The van der Waals surface area contributed by atoms with E-state index in [1.54, 1.807) is 35.6 Å². The highest BCUT2D eigenvalue weighted by atomic mass is 32.2. The van der Waals surface area contributed by atoms with Crippen molar-refractivity contribution in [3.05, 3.63) is 53.0 Å². The summed E-state index contributed by atoms with van der Waals surface area (Å²) >= 11 is 1.60. The van der Waals surface area contributed by atoms with Crippen LogP contribution in [-0.4, -0.2) is 36.7 Å². The van der Waals surface area contributed by atoms with Gasteiger partial charge in [-0.15, -0.1) is 11.3 Å². The number of hydrogen-bond donors (Lipinski definition) is 1. The van der Waals surface area contributed by atoms with E-state index in [4.69, 9.17) is 0 Å². The van der Waals surface area contributed by atoms with Crippen LogP contribution in [0.15, 0.2) is 47.4 Å². The summed E-state index contributed by atoms with van der Waals surface area (Å²) in [6, 6.07) is 12.5. The topological polar surface area (TPSA) is 79.4 Å². The number of anilines is 1. The Labute approximate surface area is 175 Å². The third-order valence-electron chi connectivity index (χ3n) is 4.69. The van der Waals surface area contributed by atoms with Crippen LogP contribution in [0.25, 0.3) is 10.2 Å². The van der Waals surface area contributed by atoms with Crippen molar-refractivity contribution in [3.63, 3.8) is 0 Å². The Kier molecular flexibility index (Phi) is 6.66. The molecule has 0 fully saturated rings. The maximum Gasteiger partial charge on any atom is 0.243 e. The van der Waals surface area contributed by atoms with Gasteiger partial charge in [-0.2, -0.15) is 4.31 Å². The van der Waals surface area contributed by atoms with Gasteiger partial charge in [-0.1, -0.05) is 26.0 Å². The first-order valence-corrected chi connectivity index (χ1v) is 11.8. The van der Waals surface area contributed by atoms with Gasteiger partial charge in [0, 0.05) is 25.2 Å². The van der Waals surface area contributed by atoms with E-state index in [-0.39, 0.29) is 10.8 Å². The fraction of sp³-hybridized carbons (Fsp3) is 0.333. The Hall–Kier alpha value is -2.29. The van der Waals surface area contributed by atoms with E-state index in [1.165, 1.54) is 4.31 Å². The van der Waals surface area contributed by atoms with Gasteiger partial charge < -0.3 is 5.32 Å². The van der Waals surface area contributed by atoms with Crippen molar-refractivity contribution in [2.24, 2.45) is 0 Å². The van der Waals surface area contributed by atoms with Crippen LogP contribution in [0.4, 0.5) is 5.69 Å². The molecule has 0 aliphatic carbocycles. The van der Waals surface area contributed by atoms with Gasteiger partial charge in [0.2, 0.25) is 15.9 Å². The number of carbonyl (C=O) groups excluding carboxylic acids is 1. The van der Waals surface area contributed by atoms with Crippen LogP contribution in [-0.2, 0) is 21.2 Å². The van der Waals surface area contributed by atoms with Crippen LogP contribution in [0.1, 0.15) is 30.8 Å². The number of aromatic nitrogens is 1. The number of fused-ring (bicyclic) bond motifs is 1. The van der Waals surface area contributed by atoms with Gasteiger partial charge in [-0.25, -0.2) is 13.4 Å². The van der Waals surface area contributed by atoms with Gasteiger partial charge in [0.1, 0.15) is 0 Å². The molecule has 0 aliphatic rings. The molecule has 0 atom stereocenters. The Morgan fingerprint density at radius 3 is 2.45 bits per heavy atom. The van der Waals surface area contributed by atoms with E-state index in [9.17, 15) is 13.2 Å². The lowest BCUT2D eigenvalue weighted by molar-refractivity contribution is -0.116. The highest BCUT2D eigenvalue weighted by Gasteiger charge is 2.21. The lowest BCUT2D eigenvalue weighted by atomic mass is 10.1. The van der Waals surface area contributed by atoms with Crippen molar-refractivity contribution >= 4 is 43.2 Å². The largest absolute Gasteiger partial charge is 0.326 e. The lowest BCUT2D eigenvalue weighted by Crippen LogP contribution is -2.30. The predicted molar refractivity (Wildman–Crippen MR) is 118 cm³/mol. The van der Waals surface area contributed by atoms with Crippen molar-refractivity contribution < 1.29 is 13.2 Å². The first-order chi connectivity index (χ1) is 13.8. The van der Waals surface area contributed by atoms with Crippen molar-refractivity contribution in [1.82, 2.24) is 9.29 Å². The average Bonchev–Trinajstić information content (AvgIpc) is 3.06. The highest BCUT2D eigenvalue weighted by Crippen LogP contribution is 2.25. The summed E-state index contributed by atoms with van der Waals surface area (Å²) < 4.78 is 27.5. The minimum atomic E-state index is -3.46. The maximum absolute atomic E-state index is 12.5. The zero-order chi connectivity index (χ0) is 21.0. The molecule has 1 heterocycles. The molecule has 0 saturated heterocycles. The average molecular weight is 432 g/mol. The SMILES string of the molecule is CCN(CC)S(=O)(=O)c1ccc(CCC(=O)Nc2ccc3nc(C)sc3c2)cc1. The van der Waals surface area contributed by atoms with Crippen molar-refractivity contribution in [3.8, 4) is 0 Å². The van der Waals surface area contributed by atoms with E-state index in [1.807, 2.05) is 39.0 Å². The number of aryl methyl sites for hydroxylation is 2. The van der Waals surface area contributed by atoms with Gasteiger partial charge in [0.15, 0.2) is 0 Å². The third-order valence-corrected chi connectivity index (χ3v) is 7.68. The number of thiazole rings is 1. The first-order valence-electron chi connectivity index (χ1n) is 9.59. The van der Waals surface area contributed by atoms with Crippen molar-refractivity contribution in [1.29, 1.82) is 0 Å². The second-order valence-electron chi connectivity index (χ2n) is 6.70. The molecule has 1 N–H and O–H groups in total. The minimum Gasteiger partial charge on any atom is -0.326 e. The molecular formula is C21H25N3O3S2. The first kappa shape index (κ1) is 21.4. The number of amides is 1. The minimum absolute atomic E-state index is 0.0783. The van der Waals surface area contributed by atoms with Gasteiger partial charge in [-0.3, -0.25) is 4.79 Å². The summed E-state index contributed by atoms with van der Waals surface area (Å²) in [6.45, 7) is 6.48. The van der Waals surface area contributed by atoms with E-state index in [0.717, 1.165) is 26.5 Å². The summed E-state index contributed by atoms with van der Waals surface area (Å²) in [5.74, 6) is -0.0783. The Balaban J connectivity index is 1.59. The van der Waals surface area contributed by atoms with Crippen LogP contribution in [0.2, 0.25) is 0 Å². The number of benzene rings is 2. The normalized spacial score (nSPS) is 11.9. The Morgan fingerprint density at radius 2 is 1.79 bits per heavy atom. The molecule has 0 radical (unpaired) electrons. The van der Waals surface area contributed by atoms with Crippen molar-refractivity contribution in [2.75, 3.05) is 18.4 Å². The fourth-order valence-electron chi connectivity index (χ4n) is 3.14. The molecule has 1 aromatic heterocycles. The van der Waals surface area contributed by atoms with Crippen LogP contribution in [0.5, 0.6) is 0 Å². The zero-order valence-electron chi connectivity index (χ0n) is 16.8. The van der Waals surface area contributed by atoms with E-state index >= 15 is 0 Å². The number of nitrogens with zero attached hydrogens (tertiary/aromatic N) is 2. The molecule has 0 saturated carbocycles. The summed E-state index contributed by atoms with van der Waals surface area (Å²) in [7, 11) is -3.46. The number of rotatable bonds is 8. The van der Waals surface area contributed by atoms with E-state index < -0.39 is 10.0 Å². The summed E-state index contributed by atoms with van der Waals surface area (Å²) in [5.41, 5.74) is 2.62. The van der Waals surface area contributed by atoms with Crippen molar-refractivity contribution in [2.45, 2.75) is 38.5 Å². The fourth-order valence-corrected chi connectivity index (χ4v) is 5.46. The quantitative estimate of drug-likeness (QED) is 0.579. The highest BCUT2D eigenvalue weighted by molar-refractivity contribution is 7.89. The molecule has 0 spiro atoms. The Morgan fingerprint density at radius 1 is 1.10 bits per heavy atom. The van der Waals surface area contributed by atoms with Gasteiger partial charge >= 0.3 is 0 Å². The predicted octanol–water partition coefficient (Wildman–Crippen LogP) is 4.21. The van der Waals surface area contributed by atoms with Gasteiger partial charge in [0.05, 0.1) is 20.1 Å². The molecule has 2 aromatic carbocycles. The molecule has 154 valence electrons. The molecule has 29 heavy (non-hydrogen) atoms. The van der Waals surface area contributed by atoms with Gasteiger partial charge in [0.25, 0.3) is 0 Å². The monoisotopic (exact) mass is 431 g/mol. The standard InChI is InChI=1S/C21H25N3O3S2/c1-4-24(5-2)29(26,27)18-10-6-16(7-11-18)8-13-21(25)23-17-9-12-19-20(14-17)28-15(3)22-19/h6-7,9-12,14H,4-5,8,13H2,1-3H3,(H,23,25). The van der Waals surface area contributed by atoms with E-state index in [0.29, 0.717) is 25.9 Å². The lowest BCUT2D eigenvalue weighted by Gasteiger charge is -2.18. The molecule has 0 unspecified atom stereocenters. The van der Waals surface area contributed by atoms with Gasteiger partial charge in [-0.05, 0) is 49.2 Å². The second-order valence-corrected chi connectivity index (χ2v) is 9.87. The van der Waals surface area contributed by atoms with Crippen LogP contribution in [0, 0.1) is 6.92 Å². The maximum atomic E-state index is 12.5. The summed E-state index contributed by atoms with van der Waals surface area (Å²) in [5, 5.41) is 3.91. The zero-order valence-corrected chi connectivity index (χ0v) is 18.4. The summed E-state index contributed by atoms with van der Waals surface area (Å²) in [4.78, 5) is 17.0. The number of nitrogens with one attached hydrogen (secondary N) is 1. The molecule has 0 bridgehead atoms. The number of carbonyl (C=O) groups is 1. The molecule has 1 amide bonds. The molecule has 3 aromatic rings. The number of hydrogen-bond acceptors (Lipinski definition) is 5. The molecular weight excluding hydrogens is 406 g/mol. The molecule has 6 nitrogen and oxygen atoms in total. The molecule has 3 rings (SSSR count).